The SMILES string of the molecule is COc1ccc(OC)c(C=Cc2ccc(N3C(=O)[C@H]4[C@H](CC=C5[C@H](c6cc(OC)c(O)c(OC)c6)C6=C(C[C@H]54)C(=O)C(C)=CC6=O)C3=O)cc2)c1. The molecule has 4 atom stereocenters. The number of imide groups is 1. The first kappa shape index (κ1) is 33.6. The monoisotopic (exact) mass is 687 g/mol. The Kier molecular flexibility index (Phi) is 8.62. The van der Waals surface area contributed by atoms with Crippen LogP contribution in [0, 0.1) is 17.8 Å². The molecule has 7 rings (SSSR count). The molecule has 4 aliphatic rings. The minimum atomic E-state index is -0.732. The van der Waals surface area contributed by atoms with Crippen LogP contribution in [0.2, 0.25) is 0 Å². The summed E-state index contributed by atoms with van der Waals surface area (Å²) in [6.07, 6.45) is 7.57. The van der Waals surface area contributed by atoms with Crippen molar-refractivity contribution in [2.24, 2.45) is 17.8 Å². The zero-order valence-corrected chi connectivity index (χ0v) is 28.9. The molecule has 0 radical (unpaired) electrons. The molecular weight excluding hydrogens is 650 g/mol. The van der Waals surface area contributed by atoms with Crippen LogP contribution in [0.15, 0.2) is 89.0 Å². The molecule has 0 unspecified atom stereocenters. The summed E-state index contributed by atoms with van der Waals surface area (Å²) in [6.45, 7) is 1.61. The number of amides is 2. The Balaban J connectivity index is 1.23. The maximum absolute atomic E-state index is 14.4. The van der Waals surface area contributed by atoms with Crippen molar-refractivity contribution in [2.75, 3.05) is 33.3 Å². The van der Waals surface area contributed by atoms with Crippen LogP contribution in [0.3, 0.4) is 0 Å². The molecule has 3 aromatic carbocycles. The Morgan fingerprint density at radius 3 is 2.12 bits per heavy atom. The lowest BCUT2D eigenvalue weighted by Gasteiger charge is -2.42. The minimum absolute atomic E-state index is 0.142. The van der Waals surface area contributed by atoms with E-state index in [0.29, 0.717) is 45.9 Å². The van der Waals surface area contributed by atoms with Gasteiger partial charge >= 0.3 is 0 Å². The van der Waals surface area contributed by atoms with Crippen LogP contribution in [-0.4, -0.2) is 56.9 Å². The number of phenols is 1. The number of hydrogen-bond acceptors (Lipinski definition) is 9. The predicted molar refractivity (Wildman–Crippen MR) is 190 cm³/mol. The van der Waals surface area contributed by atoms with E-state index in [2.05, 4.69) is 0 Å². The lowest BCUT2D eigenvalue weighted by Crippen LogP contribution is -2.39. The van der Waals surface area contributed by atoms with Gasteiger partial charge < -0.3 is 24.1 Å². The maximum atomic E-state index is 14.4. The van der Waals surface area contributed by atoms with Gasteiger partial charge in [0.1, 0.15) is 11.5 Å². The number of carbonyl (C=O) groups is 4. The molecule has 3 aliphatic carbocycles. The van der Waals surface area contributed by atoms with Gasteiger partial charge in [0.2, 0.25) is 17.6 Å². The van der Waals surface area contributed by atoms with Gasteiger partial charge in [-0.2, -0.15) is 0 Å². The van der Waals surface area contributed by atoms with Gasteiger partial charge in [-0.25, -0.2) is 0 Å². The number of phenolic OH excluding ortho intramolecular Hbond substituents is 1. The molecule has 0 aromatic heterocycles. The number of hydrogen-bond donors (Lipinski definition) is 1. The molecular formula is C41H37NO9. The summed E-state index contributed by atoms with van der Waals surface area (Å²) < 4.78 is 21.7. The van der Waals surface area contributed by atoms with E-state index in [1.54, 1.807) is 45.4 Å². The van der Waals surface area contributed by atoms with Crippen molar-refractivity contribution in [1.29, 1.82) is 0 Å². The van der Waals surface area contributed by atoms with Gasteiger partial charge in [0.15, 0.2) is 23.1 Å². The summed E-state index contributed by atoms with van der Waals surface area (Å²) >= 11 is 0. The predicted octanol–water partition coefficient (Wildman–Crippen LogP) is 6.23. The molecule has 0 bridgehead atoms. The van der Waals surface area contributed by atoms with Gasteiger partial charge in [-0.15, -0.1) is 0 Å². The molecule has 51 heavy (non-hydrogen) atoms. The third-order valence-electron chi connectivity index (χ3n) is 10.4. The normalized spacial score (nSPS) is 22.7. The number of anilines is 1. The number of Topliss-reactive ketones (excluding diaryl/α,β-unsaturated/α-hetero) is 1. The van der Waals surface area contributed by atoms with Crippen molar-refractivity contribution in [2.45, 2.75) is 25.7 Å². The first-order valence-corrected chi connectivity index (χ1v) is 16.6. The number of ketones is 2. The summed E-state index contributed by atoms with van der Waals surface area (Å²) in [5.41, 5.74) is 4.51. The van der Waals surface area contributed by atoms with E-state index < -0.39 is 23.7 Å². The second-order valence-electron chi connectivity index (χ2n) is 13.0. The summed E-state index contributed by atoms with van der Waals surface area (Å²) in [4.78, 5) is 56.9. The zero-order chi connectivity index (χ0) is 36.1. The van der Waals surface area contributed by atoms with E-state index >= 15 is 0 Å². The van der Waals surface area contributed by atoms with E-state index in [1.807, 2.05) is 48.6 Å². The summed E-state index contributed by atoms with van der Waals surface area (Å²) in [5, 5.41) is 10.7. The molecule has 0 saturated carbocycles. The molecule has 260 valence electrons. The Morgan fingerprint density at radius 2 is 1.47 bits per heavy atom. The van der Waals surface area contributed by atoms with Crippen LogP contribution in [0.5, 0.6) is 28.7 Å². The molecule has 1 heterocycles. The van der Waals surface area contributed by atoms with E-state index in [1.165, 1.54) is 25.2 Å². The molecule has 10 heteroatoms. The van der Waals surface area contributed by atoms with Crippen molar-refractivity contribution < 1.29 is 43.2 Å². The maximum Gasteiger partial charge on any atom is 0.238 e. The third kappa shape index (κ3) is 5.51. The number of aromatic hydroxyl groups is 1. The Morgan fingerprint density at radius 1 is 0.784 bits per heavy atom. The third-order valence-corrected chi connectivity index (χ3v) is 10.4. The van der Waals surface area contributed by atoms with E-state index in [0.717, 1.165) is 16.7 Å². The highest BCUT2D eigenvalue weighted by Crippen LogP contribution is 2.56. The Hall–Kier alpha value is -5.90. The second kappa shape index (κ2) is 13.1. The largest absolute Gasteiger partial charge is 0.502 e. The highest BCUT2D eigenvalue weighted by atomic mass is 16.5. The molecule has 2 amide bonds. The number of allylic oxidation sites excluding steroid dienone is 6. The fourth-order valence-corrected chi connectivity index (χ4v) is 7.99. The number of ether oxygens (including phenoxy) is 4. The number of fused-ring (bicyclic) bond motifs is 3. The minimum Gasteiger partial charge on any atom is -0.502 e. The number of carbonyl (C=O) groups excluding carboxylic acids is 4. The van der Waals surface area contributed by atoms with E-state index in [4.69, 9.17) is 18.9 Å². The van der Waals surface area contributed by atoms with Crippen LogP contribution in [0.4, 0.5) is 5.69 Å². The van der Waals surface area contributed by atoms with Crippen molar-refractivity contribution in [1.82, 2.24) is 0 Å². The van der Waals surface area contributed by atoms with Gasteiger partial charge in [0.25, 0.3) is 0 Å². The Bertz CT molecular complexity index is 2100. The summed E-state index contributed by atoms with van der Waals surface area (Å²) in [6, 6.07) is 15.9. The zero-order valence-electron chi connectivity index (χ0n) is 28.9. The van der Waals surface area contributed by atoms with Crippen molar-refractivity contribution >= 4 is 41.2 Å². The van der Waals surface area contributed by atoms with Gasteiger partial charge in [-0.1, -0.05) is 35.9 Å². The smallest absolute Gasteiger partial charge is 0.238 e. The fourth-order valence-electron chi connectivity index (χ4n) is 7.99. The highest BCUT2D eigenvalue weighted by molar-refractivity contribution is 6.25. The van der Waals surface area contributed by atoms with Crippen LogP contribution >= 0.6 is 0 Å². The number of nitrogens with zero attached hydrogens (tertiary/aromatic N) is 1. The van der Waals surface area contributed by atoms with Crippen LogP contribution in [0.1, 0.15) is 42.4 Å². The molecule has 1 N–H and O–H groups in total. The first-order valence-electron chi connectivity index (χ1n) is 16.6. The van der Waals surface area contributed by atoms with E-state index in [9.17, 15) is 24.3 Å². The molecule has 1 fully saturated rings. The lowest BCUT2D eigenvalue weighted by atomic mass is 9.59. The number of benzene rings is 3. The van der Waals surface area contributed by atoms with Crippen LogP contribution in [0.25, 0.3) is 12.2 Å². The van der Waals surface area contributed by atoms with Crippen molar-refractivity contribution in [3.05, 3.63) is 106 Å². The fraction of sp³-hybridized carbons (Fsp3) is 0.268. The molecule has 1 saturated heterocycles. The second-order valence-corrected chi connectivity index (χ2v) is 13.0. The van der Waals surface area contributed by atoms with Crippen molar-refractivity contribution in [3.63, 3.8) is 0 Å². The molecule has 10 nitrogen and oxygen atoms in total. The summed E-state index contributed by atoms with van der Waals surface area (Å²) in [7, 11) is 6.03. The van der Waals surface area contributed by atoms with Gasteiger partial charge in [-0.05, 0) is 85.4 Å². The van der Waals surface area contributed by atoms with Crippen molar-refractivity contribution in [3.8, 4) is 28.7 Å². The topological polar surface area (TPSA) is 129 Å². The molecule has 0 spiro atoms. The molecule has 3 aromatic rings. The van der Waals surface area contributed by atoms with Gasteiger partial charge in [0.05, 0.1) is 46.0 Å². The van der Waals surface area contributed by atoms with Gasteiger partial charge in [0, 0.05) is 28.2 Å². The highest BCUT2D eigenvalue weighted by Gasteiger charge is 2.56. The Labute approximate surface area is 295 Å². The number of methoxy groups -OCH3 is 4. The average Bonchev–Trinajstić information content (AvgIpc) is 3.41. The van der Waals surface area contributed by atoms with Gasteiger partial charge in [-0.3, -0.25) is 24.1 Å². The lowest BCUT2D eigenvalue weighted by molar-refractivity contribution is -0.123. The quantitative estimate of drug-likeness (QED) is 0.127. The number of rotatable bonds is 8. The first-order chi connectivity index (χ1) is 24.6. The summed E-state index contributed by atoms with van der Waals surface area (Å²) in [5.74, 6) is -2.27. The standard InChI is InChI=1S/C41H37NO9/c1-21-16-31(43)37-30(38(21)44)20-29-27(35(37)24-18-33(50-4)39(45)34(19-24)51-5)13-14-28-36(29)41(47)42(40(28)46)25-10-7-22(8-11-25)6-9-23-17-26(48-2)12-15-32(23)49-3/h6-13,15-19,28-29,35-36,45H,14,20H2,1-5H3/t28-,29+,35-,36-/m0/s1. The average molecular weight is 688 g/mol. The van der Waals surface area contributed by atoms with Crippen LogP contribution in [-0.2, 0) is 19.2 Å². The van der Waals surface area contributed by atoms with Crippen LogP contribution < -0.4 is 23.8 Å². The van der Waals surface area contributed by atoms with E-state index in [-0.39, 0.29) is 47.1 Å². The molecule has 1 aliphatic heterocycles.